The van der Waals surface area contributed by atoms with Crippen LogP contribution in [0, 0.1) is 0 Å². The summed E-state index contributed by atoms with van der Waals surface area (Å²) in [6, 6.07) is 13.5. The minimum Gasteiger partial charge on any atom is -0.497 e. The predicted molar refractivity (Wildman–Crippen MR) is 125 cm³/mol. The predicted octanol–water partition coefficient (Wildman–Crippen LogP) is 5.44. The number of ketones is 1. The molecule has 1 saturated heterocycles. The molecule has 0 atom stereocenters. The van der Waals surface area contributed by atoms with Crippen LogP contribution in [0.1, 0.15) is 36.5 Å². The fraction of sp³-hybridized carbons (Fsp3) is 0.400. The molecule has 1 aliphatic heterocycles. The number of hydrogen-bond acceptors (Lipinski definition) is 4. The van der Waals surface area contributed by atoms with Gasteiger partial charge in [-0.3, -0.25) is 4.79 Å². The third-order valence-corrected chi connectivity index (χ3v) is 6.24. The Labute approximate surface area is 188 Å². The summed E-state index contributed by atoms with van der Waals surface area (Å²) in [5.41, 5.74) is 1.84. The molecule has 0 radical (unpaired) electrons. The zero-order valence-corrected chi connectivity index (χ0v) is 18.9. The molecule has 164 valence electrons. The Balaban J connectivity index is 1.29. The summed E-state index contributed by atoms with van der Waals surface area (Å²) in [7, 11) is 1.65. The molecular weight excluding hydrogens is 412 g/mol. The van der Waals surface area contributed by atoms with E-state index in [-0.39, 0.29) is 11.9 Å². The SMILES string of the molecule is COc1ccc2c(c1)c(C(C)=O)cn2CCCN1CCC(Oc2ccc(Cl)cc2)CC1. The Kier molecular flexibility index (Phi) is 6.83. The topological polar surface area (TPSA) is 43.7 Å². The summed E-state index contributed by atoms with van der Waals surface area (Å²) in [5, 5.41) is 1.69. The molecular formula is C25H29ClN2O3. The molecule has 0 bridgehead atoms. The van der Waals surface area contributed by atoms with Crippen LogP contribution in [0.15, 0.2) is 48.7 Å². The van der Waals surface area contributed by atoms with Gasteiger partial charge in [0, 0.05) is 47.3 Å². The average molecular weight is 441 g/mol. The second kappa shape index (κ2) is 9.75. The molecule has 2 aromatic carbocycles. The second-order valence-electron chi connectivity index (χ2n) is 8.14. The lowest BCUT2D eigenvalue weighted by atomic mass is 10.1. The van der Waals surface area contributed by atoms with E-state index in [1.807, 2.05) is 48.7 Å². The van der Waals surface area contributed by atoms with E-state index in [0.717, 1.165) is 78.4 Å². The second-order valence-corrected chi connectivity index (χ2v) is 8.58. The monoisotopic (exact) mass is 440 g/mol. The zero-order valence-electron chi connectivity index (χ0n) is 18.1. The van der Waals surface area contributed by atoms with Gasteiger partial charge in [0.1, 0.15) is 17.6 Å². The quantitative estimate of drug-likeness (QED) is 0.437. The van der Waals surface area contributed by atoms with Gasteiger partial charge >= 0.3 is 0 Å². The van der Waals surface area contributed by atoms with Crippen LogP contribution in [0.5, 0.6) is 11.5 Å². The molecule has 0 amide bonds. The van der Waals surface area contributed by atoms with Crippen LogP contribution in [0.4, 0.5) is 0 Å². The number of carbonyl (C=O) groups is 1. The molecule has 1 aliphatic rings. The molecule has 0 saturated carbocycles. The lowest BCUT2D eigenvalue weighted by Gasteiger charge is -2.32. The largest absolute Gasteiger partial charge is 0.497 e. The molecule has 4 rings (SSSR count). The van der Waals surface area contributed by atoms with E-state index in [1.54, 1.807) is 14.0 Å². The molecule has 0 N–H and O–H groups in total. The molecule has 0 spiro atoms. The summed E-state index contributed by atoms with van der Waals surface area (Å²) >= 11 is 5.94. The number of halogens is 1. The highest BCUT2D eigenvalue weighted by Crippen LogP contribution is 2.27. The van der Waals surface area contributed by atoms with Gasteiger partial charge in [-0.05, 0) is 75.2 Å². The van der Waals surface area contributed by atoms with Crippen molar-refractivity contribution < 1.29 is 14.3 Å². The van der Waals surface area contributed by atoms with Gasteiger partial charge in [-0.15, -0.1) is 0 Å². The van der Waals surface area contributed by atoms with Crippen molar-refractivity contribution in [1.29, 1.82) is 0 Å². The van der Waals surface area contributed by atoms with Crippen molar-refractivity contribution in [3.63, 3.8) is 0 Å². The summed E-state index contributed by atoms with van der Waals surface area (Å²) in [5.74, 6) is 1.75. The Hall–Kier alpha value is -2.50. The third kappa shape index (κ3) is 5.23. The van der Waals surface area contributed by atoms with Crippen LogP contribution in [0.2, 0.25) is 5.02 Å². The zero-order chi connectivity index (χ0) is 21.8. The van der Waals surface area contributed by atoms with Gasteiger partial charge in [0.05, 0.1) is 7.11 Å². The van der Waals surface area contributed by atoms with Crippen molar-refractivity contribution in [2.75, 3.05) is 26.7 Å². The molecule has 5 nitrogen and oxygen atoms in total. The molecule has 2 heterocycles. The number of rotatable bonds is 8. The lowest BCUT2D eigenvalue weighted by molar-refractivity contribution is 0.0993. The Morgan fingerprint density at radius 3 is 2.45 bits per heavy atom. The first-order chi connectivity index (χ1) is 15.0. The number of benzene rings is 2. The van der Waals surface area contributed by atoms with Gasteiger partial charge in [-0.2, -0.15) is 0 Å². The number of hydrogen-bond donors (Lipinski definition) is 0. The van der Waals surface area contributed by atoms with E-state index in [0.29, 0.717) is 0 Å². The fourth-order valence-corrected chi connectivity index (χ4v) is 4.42. The molecule has 3 aromatic rings. The van der Waals surface area contributed by atoms with Gasteiger partial charge in [0.2, 0.25) is 0 Å². The maximum absolute atomic E-state index is 12.1. The number of fused-ring (bicyclic) bond motifs is 1. The standard InChI is InChI=1S/C25H29ClN2O3/c1-18(29)24-17-28(25-9-8-22(30-2)16-23(24)25)13-3-12-27-14-10-21(11-15-27)31-20-6-4-19(26)5-7-20/h4-9,16-17,21H,3,10-15H2,1-2H3. The number of carbonyl (C=O) groups excluding carboxylic acids is 1. The Morgan fingerprint density at radius 2 is 1.77 bits per heavy atom. The van der Waals surface area contributed by atoms with Gasteiger partial charge in [-0.25, -0.2) is 0 Å². The maximum Gasteiger partial charge on any atom is 0.161 e. The molecule has 0 aliphatic carbocycles. The Bertz CT molecular complexity index is 1040. The molecule has 1 aromatic heterocycles. The molecule has 1 fully saturated rings. The smallest absolute Gasteiger partial charge is 0.161 e. The van der Waals surface area contributed by atoms with E-state index >= 15 is 0 Å². The molecule has 31 heavy (non-hydrogen) atoms. The number of nitrogens with zero attached hydrogens (tertiary/aromatic N) is 2. The normalized spacial score (nSPS) is 15.3. The fourth-order valence-electron chi connectivity index (χ4n) is 4.29. The average Bonchev–Trinajstić information content (AvgIpc) is 3.14. The summed E-state index contributed by atoms with van der Waals surface area (Å²) < 4.78 is 13.6. The highest BCUT2D eigenvalue weighted by atomic mass is 35.5. The van der Waals surface area contributed by atoms with Crippen LogP contribution in [0.3, 0.4) is 0 Å². The number of aromatic nitrogens is 1. The van der Waals surface area contributed by atoms with Crippen molar-refractivity contribution in [3.8, 4) is 11.5 Å². The van der Waals surface area contributed by atoms with Crippen LogP contribution in [-0.2, 0) is 6.54 Å². The van der Waals surface area contributed by atoms with E-state index in [4.69, 9.17) is 21.1 Å². The van der Waals surface area contributed by atoms with Crippen molar-refractivity contribution in [3.05, 3.63) is 59.2 Å². The minimum atomic E-state index is 0.0831. The minimum absolute atomic E-state index is 0.0831. The van der Waals surface area contributed by atoms with E-state index in [9.17, 15) is 4.79 Å². The van der Waals surface area contributed by atoms with E-state index in [1.165, 1.54) is 0 Å². The van der Waals surface area contributed by atoms with Gasteiger partial charge < -0.3 is 18.9 Å². The first-order valence-electron chi connectivity index (χ1n) is 10.9. The highest BCUT2D eigenvalue weighted by molar-refractivity contribution is 6.30. The Morgan fingerprint density at radius 1 is 1.06 bits per heavy atom. The summed E-state index contributed by atoms with van der Waals surface area (Å²) in [6.07, 6.45) is 5.35. The van der Waals surface area contributed by atoms with Gasteiger partial charge in [0.25, 0.3) is 0 Å². The number of piperidine rings is 1. The summed E-state index contributed by atoms with van der Waals surface area (Å²) in [4.78, 5) is 14.6. The van der Waals surface area contributed by atoms with E-state index in [2.05, 4.69) is 9.47 Å². The van der Waals surface area contributed by atoms with Gasteiger partial charge in [-0.1, -0.05) is 11.6 Å². The summed E-state index contributed by atoms with van der Waals surface area (Å²) in [6.45, 7) is 5.63. The number of likely N-dealkylation sites (tertiary alicyclic amines) is 1. The van der Waals surface area contributed by atoms with Crippen LogP contribution in [0.25, 0.3) is 10.9 Å². The highest BCUT2D eigenvalue weighted by Gasteiger charge is 2.20. The van der Waals surface area contributed by atoms with Crippen molar-refractivity contribution in [2.24, 2.45) is 0 Å². The number of Topliss-reactive ketones (excluding diaryl/α,β-unsaturated/α-hetero) is 1. The van der Waals surface area contributed by atoms with Crippen molar-refractivity contribution >= 4 is 28.3 Å². The van der Waals surface area contributed by atoms with Crippen molar-refractivity contribution in [1.82, 2.24) is 9.47 Å². The van der Waals surface area contributed by atoms with Gasteiger partial charge in [0.15, 0.2) is 5.78 Å². The number of aryl methyl sites for hydroxylation is 1. The first-order valence-corrected chi connectivity index (χ1v) is 11.2. The maximum atomic E-state index is 12.1. The van der Waals surface area contributed by atoms with Crippen LogP contribution >= 0.6 is 11.6 Å². The first kappa shape index (κ1) is 21.7. The number of ether oxygens (including phenoxy) is 2. The molecule has 6 heteroatoms. The molecule has 0 unspecified atom stereocenters. The number of methoxy groups -OCH3 is 1. The third-order valence-electron chi connectivity index (χ3n) is 5.99. The van der Waals surface area contributed by atoms with Crippen LogP contribution in [-0.4, -0.2) is 48.1 Å². The lowest BCUT2D eigenvalue weighted by Crippen LogP contribution is -2.38. The van der Waals surface area contributed by atoms with Crippen LogP contribution < -0.4 is 9.47 Å². The van der Waals surface area contributed by atoms with E-state index < -0.39 is 0 Å². The van der Waals surface area contributed by atoms with Crippen molar-refractivity contribution in [2.45, 2.75) is 38.8 Å².